The highest BCUT2D eigenvalue weighted by Crippen LogP contribution is 2.20. The van der Waals surface area contributed by atoms with Crippen molar-refractivity contribution >= 4 is 11.9 Å². The predicted molar refractivity (Wildman–Crippen MR) is 84.1 cm³/mol. The SMILES string of the molecule is O=C(NCC1CCCO1)N1CCCC(C(=O)N2CCOCC2)C1. The molecular formula is C16H27N3O4. The molecule has 0 aromatic rings. The van der Waals surface area contributed by atoms with Crippen molar-refractivity contribution in [2.45, 2.75) is 31.8 Å². The summed E-state index contributed by atoms with van der Waals surface area (Å²) in [6.45, 7) is 5.17. The van der Waals surface area contributed by atoms with Gasteiger partial charge in [0.2, 0.25) is 5.91 Å². The molecule has 3 amide bonds. The second-order valence-electron chi connectivity index (χ2n) is 6.54. The Labute approximate surface area is 137 Å². The van der Waals surface area contributed by atoms with E-state index >= 15 is 0 Å². The minimum atomic E-state index is -0.0738. The summed E-state index contributed by atoms with van der Waals surface area (Å²) < 4.78 is 10.8. The first-order chi connectivity index (χ1) is 11.2. The summed E-state index contributed by atoms with van der Waals surface area (Å²) in [5.41, 5.74) is 0. The molecule has 1 N–H and O–H groups in total. The van der Waals surface area contributed by atoms with Gasteiger partial charge in [-0.05, 0) is 25.7 Å². The number of nitrogens with one attached hydrogen (secondary N) is 1. The van der Waals surface area contributed by atoms with Crippen molar-refractivity contribution < 1.29 is 19.1 Å². The number of piperidine rings is 1. The molecule has 130 valence electrons. The van der Waals surface area contributed by atoms with Gasteiger partial charge >= 0.3 is 6.03 Å². The molecule has 2 unspecified atom stereocenters. The van der Waals surface area contributed by atoms with Crippen molar-refractivity contribution in [2.75, 3.05) is 52.5 Å². The number of nitrogens with zero attached hydrogens (tertiary/aromatic N) is 2. The van der Waals surface area contributed by atoms with Crippen LogP contribution in [0.25, 0.3) is 0 Å². The van der Waals surface area contributed by atoms with Gasteiger partial charge in [-0.1, -0.05) is 0 Å². The molecule has 0 radical (unpaired) electrons. The number of urea groups is 1. The predicted octanol–water partition coefficient (Wildman–Crippen LogP) is 0.446. The van der Waals surface area contributed by atoms with Crippen LogP contribution in [0, 0.1) is 5.92 Å². The van der Waals surface area contributed by atoms with E-state index in [0.29, 0.717) is 39.4 Å². The van der Waals surface area contributed by atoms with E-state index in [2.05, 4.69) is 5.32 Å². The number of hydrogen-bond donors (Lipinski definition) is 1. The van der Waals surface area contributed by atoms with E-state index in [-0.39, 0.29) is 24.0 Å². The molecule has 0 spiro atoms. The van der Waals surface area contributed by atoms with Crippen LogP contribution in [0.3, 0.4) is 0 Å². The molecule has 0 saturated carbocycles. The zero-order valence-electron chi connectivity index (χ0n) is 13.7. The number of amides is 3. The first-order valence-corrected chi connectivity index (χ1v) is 8.75. The van der Waals surface area contributed by atoms with Crippen LogP contribution >= 0.6 is 0 Å². The van der Waals surface area contributed by atoms with Gasteiger partial charge < -0.3 is 24.6 Å². The maximum atomic E-state index is 12.6. The van der Waals surface area contributed by atoms with Gasteiger partial charge in [-0.15, -0.1) is 0 Å². The monoisotopic (exact) mass is 325 g/mol. The van der Waals surface area contributed by atoms with Gasteiger partial charge in [0.25, 0.3) is 0 Å². The highest BCUT2D eigenvalue weighted by molar-refractivity contribution is 5.81. The van der Waals surface area contributed by atoms with Crippen molar-refractivity contribution in [3.05, 3.63) is 0 Å². The van der Waals surface area contributed by atoms with Crippen molar-refractivity contribution in [1.29, 1.82) is 0 Å². The molecule has 0 aliphatic carbocycles. The third kappa shape index (κ3) is 4.35. The van der Waals surface area contributed by atoms with Gasteiger partial charge in [0.1, 0.15) is 0 Å². The van der Waals surface area contributed by atoms with Gasteiger partial charge in [-0.2, -0.15) is 0 Å². The first-order valence-electron chi connectivity index (χ1n) is 8.75. The summed E-state index contributed by atoms with van der Waals surface area (Å²) in [5, 5.41) is 2.95. The van der Waals surface area contributed by atoms with Gasteiger partial charge in [0.15, 0.2) is 0 Å². The summed E-state index contributed by atoms with van der Waals surface area (Å²) in [7, 11) is 0. The number of ether oxygens (including phenoxy) is 2. The van der Waals surface area contributed by atoms with Crippen molar-refractivity contribution in [3.8, 4) is 0 Å². The number of rotatable bonds is 3. The molecule has 7 heteroatoms. The molecule has 0 aromatic heterocycles. The average molecular weight is 325 g/mol. The van der Waals surface area contributed by atoms with Crippen LogP contribution in [-0.4, -0.2) is 80.4 Å². The zero-order valence-corrected chi connectivity index (χ0v) is 13.7. The first kappa shape index (κ1) is 16.5. The third-order valence-corrected chi connectivity index (χ3v) is 4.89. The van der Waals surface area contributed by atoms with E-state index in [9.17, 15) is 9.59 Å². The van der Waals surface area contributed by atoms with Crippen LogP contribution in [0.5, 0.6) is 0 Å². The van der Waals surface area contributed by atoms with Crippen LogP contribution in [0.1, 0.15) is 25.7 Å². The van der Waals surface area contributed by atoms with E-state index < -0.39 is 0 Å². The van der Waals surface area contributed by atoms with Crippen molar-refractivity contribution in [3.63, 3.8) is 0 Å². The third-order valence-electron chi connectivity index (χ3n) is 4.89. The maximum absolute atomic E-state index is 12.6. The number of carbonyl (C=O) groups excluding carboxylic acids is 2. The topological polar surface area (TPSA) is 71.1 Å². The number of hydrogen-bond acceptors (Lipinski definition) is 4. The molecular weight excluding hydrogens is 298 g/mol. The molecule has 3 heterocycles. The molecule has 23 heavy (non-hydrogen) atoms. The largest absolute Gasteiger partial charge is 0.378 e. The Morgan fingerprint density at radius 3 is 2.57 bits per heavy atom. The molecule has 0 bridgehead atoms. The highest BCUT2D eigenvalue weighted by Gasteiger charge is 2.32. The van der Waals surface area contributed by atoms with E-state index in [4.69, 9.17) is 9.47 Å². The number of likely N-dealkylation sites (tertiary alicyclic amines) is 1. The Kier molecular flexibility index (Phi) is 5.72. The fourth-order valence-corrected chi connectivity index (χ4v) is 3.52. The fraction of sp³-hybridized carbons (Fsp3) is 0.875. The summed E-state index contributed by atoms with van der Waals surface area (Å²) in [6.07, 6.45) is 3.98. The molecule has 7 nitrogen and oxygen atoms in total. The second kappa shape index (κ2) is 7.97. The molecule has 3 fully saturated rings. The Hall–Kier alpha value is -1.34. The summed E-state index contributed by atoms with van der Waals surface area (Å²) in [6, 6.07) is -0.0695. The molecule has 3 saturated heterocycles. The molecule has 2 atom stereocenters. The fourth-order valence-electron chi connectivity index (χ4n) is 3.52. The molecule has 3 aliphatic heterocycles. The quantitative estimate of drug-likeness (QED) is 0.818. The standard InChI is InChI=1S/C16H27N3O4/c20-15(18-6-9-22-10-7-18)13-3-1-5-19(12-13)16(21)17-11-14-4-2-8-23-14/h13-14H,1-12H2,(H,17,21). The Bertz CT molecular complexity index is 420. The minimum absolute atomic E-state index is 0.0695. The average Bonchev–Trinajstić information content (AvgIpc) is 3.13. The van der Waals surface area contributed by atoms with E-state index in [1.807, 2.05) is 4.90 Å². The highest BCUT2D eigenvalue weighted by atomic mass is 16.5. The normalized spacial score (nSPS) is 28.7. The molecule has 3 rings (SSSR count). The molecule has 0 aromatic carbocycles. The minimum Gasteiger partial charge on any atom is -0.378 e. The van der Waals surface area contributed by atoms with Gasteiger partial charge in [-0.3, -0.25) is 4.79 Å². The van der Waals surface area contributed by atoms with Crippen LogP contribution in [0.15, 0.2) is 0 Å². The van der Waals surface area contributed by atoms with Crippen LogP contribution in [0.2, 0.25) is 0 Å². The lowest BCUT2D eigenvalue weighted by molar-refractivity contribution is -0.141. The van der Waals surface area contributed by atoms with Crippen molar-refractivity contribution in [2.24, 2.45) is 5.92 Å². The van der Waals surface area contributed by atoms with E-state index in [0.717, 1.165) is 38.8 Å². The Balaban J connectivity index is 1.46. The van der Waals surface area contributed by atoms with Crippen LogP contribution < -0.4 is 5.32 Å². The van der Waals surface area contributed by atoms with Gasteiger partial charge in [-0.25, -0.2) is 4.79 Å². The van der Waals surface area contributed by atoms with Gasteiger partial charge in [0, 0.05) is 39.3 Å². The van der Waals surface area contributed by atoms with Crippen molar-refractivity contribution in [1.82, 2.24) is 15.1 Å². The van der Waals surface area contributed by atoms with Crippen LogP contribution in [-0.2, 0) is 14.3 Å². The lowest BCUT2D eigenvalue weighted by Gasteiger charge is -2.36. The number of carbonyl (C=O) groups is 2. The smallest absolute Gasteiger partial charge is 0.317 e. The second-order valence-corrected chi connectivity index (χ2v) is 6.54. The summed E-state index contributed by atoms with van der Waals surface area (Å²) >= 11 is 0. The molecule has 3 aliphatic rings. The summed E-state index contributed by atoms with van der Waals surface area (Å²) in [5.74, 6) is 0.0975. The van der Waals surface area contributed by atoms with E-state index in [1.165, 1.54) is 0 Å². The lowest BCUT2D eigenvalue weighted by atomic mass is 9.96. The zero-order chi connectivity index (χ0) is 16.1. The van der Waals surface area contributed by atoms with Crippen LogP contribution in [0.4, 0.5) is 4.79 Å². The Morgan fingerprint density at radius 2 is 1.83 bits per heavy atom. The summed E-state index contributed by atoms with van der Waals surface area (Å²) in [4.78, 5) is 28.6. The maximum Gasteiger partial charge on any atom is 0.317 e. The lowest BCUT2D eigenvalue weighted by Crippen LogP contribution is -2.52. The van der Waals surface area contributed by atoms with Gasteiger partial charge in [0.05, 0.1) is 25.2 Å². The Morgan fingerprint density at radius 1 is 1.00 bits per heavy atom. The van der Waals surface area contributed by atoms with E-state index in [1.54, 1.807) is 4.90 Å². The number of morpholine rings is 1.